The first-order valence-electron chi connectivity index (χ1n) is 6.93. The van der Waals surface area contributed by atoms with E-state index in [1.807, 2.05) is 30.3 Å². The van der Waals surface area contributed by atoms with Crippen molar-refractivity contribution in [3.8, 4) is 0 Å². The molecule has 0 aliphatic carbocycles. The lowest BCUT2D eigenvalue weighted by Gasteiger charge is -2.25. The number of hydrogen-bond acceptors (Lipinski definition) is 1. The molecule has 0 saturated carbocycles. The van der Waals surface area contributed by atoms with Crippen LogP contribution in [0.15, 0.2) is 66.4 Å². The second-order valence-electron chi connectivity index (χ2n) is 5.40. The molecule has 3 heteroatoms. The Morgan fingerprint density at radius 3 is 2.29 bits per heavy atom. The molecule has 0 saturated heterocycles. The molecule has 1 N–H and O–H groups in total. The van der Waals surface area contributed by atoms with Crippen LogP contribution in [0.4, 0.5) is 0 Å². The van der Waals surface area contributed by atoms with Gasteiger partial charge in [0, 0.05) is 5.02 Å². The van der Waals surface area contributed by atoms with Gasteiger partial charge in [0.2, 0.25) is 0 Å². The van der Waals surface area contributed by atoms with Gasteiger partial charge in [-0.15, -0.1) is 5.73 Å². The molecule has 0 bridgehead atoms. The molecule has 0 fully saturated rings. The normalized spacial score (nSPS) is 10.9. The highest BCUT2D eigenvalue weighted by Gasteiger charge is 2.29. The summed E-state index contributed by atoms with van der Waals surface area (Å²) in [5.74, 6) is 0. The van der Waals surface area contributed by atoms with E-state index in [2.05, 4.69) is 43.1 Å². The summed E-state index contributed by atoms with van der Waals surface area (Å²) in [4.78, 5) is 0. The molecule has 2 aromatic carbocycles. The summed E-state index contributed by atoms with van der Waals surface area (Å²) in [6.45, 7) is 4.59. The first-order valence-corrected chi connectivity index (χ1v) is 10.3. The summed E-state index contributed by atoms with van der Waals surface area (Å²) >= 11 is 5.99. The molecule has 2 rings (SSSR count). The Balaban J connectivity index is 2.56. The number of halogens is 1. The fraction of sp³-hybridized carbons (Fsp3) is 0.167. The van der Waals surface area contributed by atoms with Crippen LogP contribution in [0.2, 0.25) is 18.1 Å². The number of rotatable bonds is 4. The Labute approximate surface area is 132 Å². The van der Waals surface area contributed by atoms with E-state index in [4.69, 9.17) is 16.7 Å². The lowest BCUT2D eigenvalue weighted by Crippen LogP contribution is -2.42. The lowest BCUT2D eigenvalue weighted by atomic mass is 10.2. The predicted molar refractivity (Wildman–Crippen MR) is 93.6 cm³/mol. The standard InChI is InChI=1S/C18H19ClOSi/c1-21(2,17-7-4-3-5-8-17)18(9-6-14-20)15-10-12-16(19)13-11-15/h3-8,10-13,20H,14H2,1-2H3. The third-order valence-electron chi connectivity index (χ3n) is 3.59. The molecular formula is C18H19ClOSi. The monoisotopic (exact) mass is 314 g/mol. The summed E-state index contributed by atoms with van der Waals surface area (Å²) < 4.78 is 0. The van der Waals surface area contributed by atoms with Gasteiger partial charge in [0.1, 0.15) is 8.07 Å². The average molecular weight is 315 g/mol. The van der Waals surface area contributed by atoms with E-state index in [0.717, 1.165) is 10.6 Å². The summed E-state index contributed by atoms with van der Waals surface area (Å²) in [6, 6.07) is 18.3. The molecule has 2 aromatic rings. The molecule has 0 heterocycles. The van der Waals surface area contributed by atoms with Crippen LogP contribution >= 0.6 is 11.6 Å². The first kappa shape index (κ1) is 15.8. The molecule has 0 aliphatic heterocycles. The largest absolute Gasteiger partial charge is 0.392 e. The molecule has 108 valence electrons. The van der Waals surface area contributed by atoms with Gasteiger partial charge in [0.05, 0.1) is 6.61 Å². The molecule has 0 aromatic heterocycles. The zero-order valence-corrected chi connectivity index (χ0v) is 14.1. The highest BCUT2D eigenvalue weighted by Crippen LogP contribution is 2.26. The van der Waals surface area contributed by atoms with Gasteiger partial charge in [-0.3, -0.25) is 0 Å². The van der Waals surface area contributed by atoms with Crippen LogP contribution in [0.5, 0.6) is 0 Å². The minimum absolute atomic E-state index is 0.00361. The van der Waals surface area contributed by atoms with Crippen LogP contribution in [-0.4, -0.2) is 19.8 Å². The second kappa shape index (κ2) is 6.93. The molecule has 0 amide bonds. The summed E-state index contributed by atoms with van der Waals surface area (Å²) in [5.41, 5.74) is 4.42. The quantitative estimate of drug-likeness (QED) is 0.667. The molecule has 0 atom stereocenters. The van der Waals surface area contributed by atoms with Crippen molar-refractivity contribution in [2.45, 2.75) is 13.1 Å². The van der Waals surface area contributed by atoms with Gasteiger partial charge >= 0.3 is 0 Å². The van der Waals surface area contributed by atoms with Gasteiger partial charge in [-0.25, -0.2) is 0 Å². The smallest absolute Gasteiger partial charge is 0.122 e. The van der Waals surface area contributed by atoms with Crippen molar-refractivity contribution in [2.75, 3.05) is 6.61 Å². The fourth-order valence-electron chi connectivity index (χ4n) is 2.39. The third-order valence-corrected chi connectivity index (χ3v) is 7.30. The molecule has 0 spiro atoms. The van der Waals surface area contributed by atoms with Gasteiger partial charge < -0.3 is 5.11 Å². The van der Waals surface area contributed by atoms with Crippen molar-refractivity contribution < 1.29 is 5.11 Å². The maximum Gasteiger partial charge on any atom is 0.122 e. The van der Waals surface area contributed by atoms with Gasteiger partial charge in [-0.05, 0) is 29.0 Å². The predicted octanol–water partition coefficient (Wildman–Crippen LogP) is 4.03. The number of aliphatic hydroxyl groups is 1. The number of aliphatic hydroxyl groups excluding tert-OH is 1. The van der Waals surface area contributed by atoms with Crippen molar-refractivity contribution in [1.29, 1.82) is 0 Å². The minimum Gasteiger partial charge on any atom is -0.392 e. The Morgan fingerprint density at radius 1 is 1.10 bits per heavy atom. The Bertz CT molecular complexity index is 653. The van der Waals surface area contributed by atoms with Crippen molar-refractivity contribution in [3.05, 3.63) is 77.0 Å². The fourth-order valence-corrected chi connectivity index (χ4v) is 5.18. The summed E-state index contributed by atoms with van der Waals surface area (Å²) in [7, 11) is -1.88. The molecule has 1 nitrogen and oxygen atoms in total. The second-order valence-corrected chi connectivity index (χ2v) is 10.2. The van der Waals surface area contributed by atoms with Crippen molar-refractivity contribution in [2.24, 2.45) is 0 Å². The zero-order chi connectivity index (χ0) is 15.3. The van der Waals surface area contributed by atoms with E-state index in [9.17, 15) is 0 Å². The summed E-state index contributed by atoms with van der Waals surface area (Å²) in [5, 5.41) is 12.3. The van der Waals surface area contributed by atoms with Crippen LogP contribution in [0.25, 0.3) is 5.20 Å². The van der Waals surface area contributed by atoms with Crippen molar-refractivity contribution in [1.82, 2.24) is 0 Å². The van der Waals surface area contributed by atoms with E-state index in [1.165, 1.54) is 10.4 Å². The minimum atomic E-state index is -1.88. The Hall–Kier alpha value is -1.57. The van der Waals surface area contributed by atoms with E-state index >= 15 is 0 Å². The summed E-state index contributed by atoms with van der Waals surface area (Å²) in [6.07, 6.45) is 1.68. The average Bonchev–Trinajstić information content (AvgIpc) is 2.50. The Kier molecular flexibility index (Phi) is 5.21. The van der Waals surface area contributed by atoms with Crippen molar-refractivity contribution in [3.63, 3.8) is 0 Å². The molecule has 0 aliphatic rings. The molecule has 0 unspecified atom stereocenters. The maximum atomic E-state index is 9.11. The van der Waals surface area contributed by atoms with Crippen LogP contribution in [0, 0.1) is 0 Å². The number of benzene rings is 2. The van der Waals surface area contributed by atoms with E-state index in [0.29, 0.717) is 0 Å². The highest BCUT2D eigenvalue weighted by atomic mass is 35.5. The van der Waals surface area contributed by atoms with Gasteiger partial charge in [0.15, 0.2) is 0 Å². The molecule has 21 heavy (non-hydrogen) atoms. The van der Waals surface area contributed by atoms with Crippen LogP contribution < -0.4 is 5.19 Å². The zero-order valence-electron chi connectivity index (χ0n) is 12.3. The molecule has 0 radical (unpaired) electrons. The van der Waals surface area contributed by atoms with Gasteiger partial charge in [0.25, 0.3) is 0 Å². The lowest BCUT2D eigenvalue weighted by molar-refractivity contribution is 0.343. The first-order chi connectivity index (χ1) is 10.1. The van der Waals surface area contributed by atoms with Gasteiger partial charge in [-0.1, -0.05) is 72.3 Å². The van der Waals surface area contributed by atoms with Crippen LogP contribution in [0.1, 0.15) is 5.56 Å². The van der Waals surface area contributed by atoms with E-state index in [-0.39, 0.29) is 6.61 Å². The molecular weight excluding hydrogens is 296 g/mol. The topological polar surface area (TPSA) is 20.2 Å². The number of hydrogen-bond donors (Lipinski definition) is 1. The Morgan fingerprint density at radius 2 is 1.71 bits per heavy atom. The van der Waals surface area contributed by atoms with Crippen LogP contribution in [0.3, 0.4) is 0 Å². The van der Waals surface area contributed by atoms with Crippen molar-refractivity contribution >= 4 is 30.1 Å². The highest BCUT2D eigenvalue weighted by molar-refractivity contribution is 7.04. The van der Waals surface area contributed by atoms with Gasteiger partial charge in [-0.2, -0.15) is 0 Å². The van der Waals surface area contributed by atoms with E-state index in [1.54, 1.807) is 6.08 Å². The van der Waals surface area contributed by atoms with E-state index < -0.39 is 8.07 Å². The third kappa shape index (κ3) is 3.75. The van der Waals surface area contributed by atoms with Crippen LogP contribution in [-0.2, 0) is 0 Å². The maximum absolute atomic E-state index is 9.11. The SMILES string of the molecule is C[Si](C)(C(=C=CCO)c1ccc(Cl)cc1)c1ccccc1.